The molecule has 0 aromatic heterocycles. The van der Waals surface area contributed by atoms with Gasteiger partial charge >= 0.3 is 6.18 Å². The molecule has 0 aliphatic carbocycles. The monoisotopic (exact) mass is 279 g/mol. The summed E-state index contributed by atoms with van der Waals surface area (Å²) in [4.78, 5) is 0. The highest BCUT2D eigenvalue weighted by Crippen LogP contribution is 2.39. The van der Waals surface area contributed by atoms with E-state index in [1.165, 1.54) is 26.4 Å². The minimum atomic E-state index is -4.82. The Kier molecular flexibility index (Phi) is 4.65. The molecule has 0 saturated carbocycles. The molecule has 1 rings (SSSR count). The molecule has 4 nitrogen and oxygen atoms in total. The molecule has 0 aliphatic heterocycles. The quantitative estimate of drug-likeness (QED) is 0.884. The Morgan fingerprint density at radius 2 is 1.58 bits per heavy atom. The number of methoxy groups -OCH3 is 2. The summed E-state index contributed by atoms with van der Waals surface area (Å²) in [7, 11) is 2.62. The number of alkyl halides is 3. The number of rotatable bonds is 4. The summed E-state index contributed by atoms with van der Waals surface area (Å²) >= 11 is 0. The summed E-state index contributed by atoms with van der Waals surface area (Å²) in [6, 6.07) is 1.37. The number of aliphatic hydroxyl groups is 1. The van der Waals surface area contributed by atoms with Gasteiger partial charge in [-0.2, -0.15) is 13.2 Å². The van der Waals surface area contributed by atoms with Gasteiger partial charge in [0.25, 0.3) is 0 Å². The average molecular weight is 279 g/mol. The van der Waals surface area contributed by atoms with Gasteiger partial charge in [-0.05, 0) is 24.6 Å². The van der Waals surface area contributed by atoms with Gasteiger partial charge in [-0.1, -0.05) is 0 Å². The number of hydrogen-bond acceptors (Lipinski definition) is 4. The minimum Gasteiger partial charge on any atom is -0.496 e. The molecular formula is C12H16F3NO3. The van der Waals surface area contributed by atoms with E-state index >= 15 is 0 Å². The van der Waals surface area contributed by atoms with E-state index in [4.69, 9.17) is 15.2 Å². The fourth-order valence-corrected chi connectivity index (χ4v) is 1.76. The van der Waals surface area contributed by atoms with Gasteiger partial charge in [0.1, 0.15) is 11.5 Å². The van der Waals surface area contributed by atoms with Crippen LogP contribution in [0.4, 0.5) is 13.2 Å². The molecule has 0 amide bonds. The Labute approximate surface area is 108 Å². The number of hydrogen-bond donors (Lipinski definition) is 2. The summed E-state index contributed by atoms with van der Waals surface area (Å²) in [5, 5.41) is 9.26. The fourth-order valence-electron chi connectivity index (χ4n) is 1.76. The van der Waals surface area contributed by atoms with E-state index in [0.29, 0.717) is 0 Å². The van der Waals surface area contributed by atoms with E-state index in [9.17, 15) is 18.3 Å². The highest BCUT2D eigenvalue weighted by Gasteiger charge is 2.44. The largest absolute Gasteiger partial charge is 0.496 e. The van der Waals surface area contributed by atoms with Gasteiger partial charge < -0.3 is 20.3 Å². The van der Waals surface area contributed by atoms with Crippen molar-refractivity contribution in [1.82, 2.24) is 0 Å². The van der Waals surface area contributed by atoms with E-state index < -0.39 is 18.3 Å². The number of ether oxygens (including phenoxy) is 2. The summed E-state index contributed by atoms with van der Waals surface area (Å²) in [5.74, 6) is 0.292. The van der Waals surface area contributed by atoms with Crippen molar-refractivity contribution in [2.75, 3.05) is 14.2 Å². The molecule has 7 heteroatoms. The number of aliphatic hydroxyl groups excluding tert-OH is 1. The van der Waals surface area contributed by atoms with Gasteiger partial charge in [0.05, 0.1) is 25.8 Å². The molecule has 0 aliphatic rings. The van der Waals surface area contributed by atoms with E-state index in [-0.39, 0.29) is 17.1 Å². The Morgan fingerprint density at radius 3 is 1.89 bits per heavy atom. The lowest BCUT2D eigenvalue weighted by atomic mass is 9.98. The van der Waals surface area contributed by atoms with Crippen LogP contribution in [0.15, 0.2) is 12.1 Å². The Balaban J connectivity index is 3.32. The number of nitrogens with two attached hydrogens (primary N) is 1. The van der Waals surface area contributed by atoms with Crippen LogP contribution in [0.3, 0.4) is 0 Å². The Hall–Kier alpha value is -1.47. The van der Waals surface area contributed by atoms with Crippen molar-refractivity contribution in [1.29, 1.82) is 0 Å². The summed E-state index contributed by atoms with van der Waals surface area (Å²) in [6.07, 6.45) is -7.52. The van der Waals surface area contributed by atoms with Crippen molar-refractivity contribution in [3.63, 3.8) is 0 Å². The van der Waals surface area contributed by atoms with Crippen LogP contribution in [0.5, 0.6) is 11.5 Å². The maximum absolute atomic E-state index is 12.5. The van der Waals surface area contributed by atoms with E-state index in [2.05, 4.69) is 0 Å². The SMILES string of the molecule is COc1cc(C)cc(OC)c1[C@@H](N)[C@@H](O)C(F)(F)F. The molecule has 3 N–H and O–H groups in total. The zero-order chi connectivity index (χ0) is 14.8. The second-order valence-corrected chi connectivity index (χ2v) is 4.10. The lowest BCUT2D eigenvalue weighted by Crippen LogP contribution is -2.39. The predicted octanol–water partition coefficient (Wildman–Crippen LogP) is 1.94. The van der Waals surface area contributed by atoms with Crippen molar-refractivity contribution >= 4 is 0 Å². The first-order valence-electron chi connectivity index (χ1n) is 5.45. The van der Waals surface area contributed by atoms with Crippen LogP contribution in [0.1, 0.15) is 17.2 Å². The molecule has 19 heavy (non-hydrogen) atoms. The summed E-state index contributed by atoms with van der Waals surface area (Å²) < 4.78 is 47.6. The molecule has 0 heterocycles. The smallest absolute Gasteiger partial charge is 0.416 e. The van der Waals surface area contributed by atoms with Crippen molar-refractivity contribution in [2.45, 2.75) is 25.2 Å². The first kappa shape index (κ1) is 15.6. The molecule has 108 valence electrons. The molecule has 0 saturated heterocycles. The third kappa shape index (κ3) is 3.30. The van der Waals surface area contributed by atoms with E-state index in [0.717, 1.165) is 5.56 Å². The highest BCUT2D eigenvalue weighted by atomic mass is 19.4. The third-order valence-electron chi connectivity index (χ3n) is 2.70. The van der Waals surface area contributed by atoms with Crippen molar-refractivity contribution in [3.05, 3.63) is 23.3 Å². The van der Waals surface area contributed by atoms with Crippen LogP contribution in [-0.4, -0.2) is 31.6 Å². The van der Waals surface area contributed by atoms with Crippen molar-refractivity contribution in [2.24, 2.45) is 5.73 Å². The second-order valence-electron chi connectivity index (χ2n) is 4.10. The summed E-state index contributed by atoms with van der Waals surface area (Å²) in [6.45, 7) is 1.74. The Bertz CT molecular complexity index is 423. The normalized spacial score (nSPS) is 14.9. The van der Waals surface area contributed by atoms with Crippen LogP contribution in [0.25, 0.3) is 0 Å². The van der Waals surface area contributed by atoms with Gasteiger partial charge in [0.2, 0.25) is 0 Å². The van der Waals surface area contributed by atoms with Gasteiger partial charge in [-0.25, -0.2) is 0 Å². The Morgan fingerprint density at radius 1 is 1.16 bits per heavy atom. The zero-order valence-electron chi connectivity index (χ0n) is 10.8. The zero-order valence-corrected chi connectivity index (χ0v) is 10.8. The highest BCUT2D eigenvalue weighted by molar-refractivity contribution is 5.50. The summed E-state index contributed by atoms with van der Waals surface area (Å²) in [5.41, 5.74) is 6.23. The number of halogens is 3. The number of aryl methyl sites for hydroxylation is 1. The first-order valence-corrected chi connectivity index (χ1v) is 5.45. The molecule has 0 radical (unpaired) electrons. The second kappa shape index (κ2) is 5.66. The molecule has 0 bridgehead atoms. The van der Waals surface area contributed by atoms with Gasteiger partial charge in [-0.15, -0.1) is 0 Å². The predicted molar refractivity (Wildman–Crippen MR) is 63.3 cm³/mol. The molecule has 1 aromatic carbocycles. The lowest BCUT2D eigenvalue weighted by molar-refractivity contribution is -0.210. The minimum absolute atomic E-state index is 0.0135. The maximum Gasteiger partial charge on any atom is 0.416 e. The molecule has 0 fully saturated rings. The van der Waals surface area contributed by atoms with E-state index in [1.807, 2.05) is 0 Å². The van der Waals surface area contributed by atoms with Crippen LogP contribution in [-0.2, 0) is 0 Å². The molecule has 0 spiro atoms. The number of benzene rings is 1. The standard InChI is InChI=1S/C12H16F3NO3/c1-6-4-7(18-2)9(8(5-6)19-3)10(16)11(17)12(13,14)15/h4-5,10-11,17H,16H2,1-3H3/t10-,11-/m1/s1. The van der Waals surface area contributed by atoms with Crippen molar-refractivity contribution in [3.8, 4) is 11.5 Å². The third-order valence-corrected chi connectivity index (χ3v) is 2.70. The fraction of sp³-hybridized carbons (Fsp3) is 0.500. The van der Waals surface area contributed by atoms with Crippen LogP contribution < -0.4 is 15.2 Å². The van der Waals surface area contributed by atoms with E-state index in [1.54, 1.807) is 6.92 Å². The topological polar surface area (TPSA) is 64.7 Å². The molecule has 2 atom stereocenters. The first-order chi connectivity index (χ1) is 8.72. The lowest BCUT2D eigenvalue weighted by Gasteiger charge is -2.25. The maximum atomic E-state index is 12.5. The van der Waals surface area contributed by atoms with Crippen molar-refractivity contribution < 1.29 is 27.8 Å². The van der Waals surface area contributed by atoms with Gasteiger partial charge in [-0.3, -0.25) is 0 Å². The van der Waals surface area contributed by atoms with Crippen LogP contribution >= 0.6 is 0 Å². The van der Waals surface area contributed by atoms with Gasteiger partial charge in [0.15, 0.2) is 6.10 Å². The van der Waals surface area contributed by atoms with Crippen LogP contribution in [0, 0.1) is 6.92 Å². The molecule has 1 aromatic rings. The molecular weight excluding hydrogens is 263 g/mol. The average Bonchev–Trinajstić information content (AvgIpc) is 2.34. The van der Waals surface area contributed by atoms with Crippen LogP contribution in [0.2, 0.25) is 0 Å². The molecule has 0 unspecified atom stereocenters. The van der Waals surface area contributed by atoms with Gasteiger partial charge in [0, 0.05) is 0 Å².